The first-order valence-corrected chi connectivity index (χ1v) is 10.3. The van der Waals surface area contributed by atoms with Crippen LogP contribution in [0.4, 0.5) is 15.8 Å². The summed E-state index contributed by atoms with van der Waals surface area (Å²) in [5.41, 5.74) is 2.85. The predicted octanol–water partition coefficient (Wildman–Crippen LogP) is 4.94. The third-order valence-electron chi connectivity index (χ3n) is 4.48. The number of nitrogens with zero attached hydrogens (tertiary/aromatic N) is 2. The number of thiocarbonyl (C=S) groups is 1. The van der Waals surface area contributed by atoms with Crippen LogP contribution in [0, 0.1) is 5.82 Å². The molecule has 0 unspecified atom stereocenters. The normalized spacial score (nSPS) is 15.4. The van der Waals surface area contributed by atoms with E-state index in [9.17, 15) is 9.18 Å². The van der Waals surface area contributed by atoms with Gasteiger partial charge in [0.25, 0.3) is 5.91 Å². The van der Waals surface area contributed by atoms with Crippen molar-refractivity contribution in [2.45, 2.75) is 13.8 Å². The predicted molar refractivity (Wildman–Crippen MR) is 120 cm³/mol. The third-order valence-corrected chi connectivity index (χ3v) is 5.86. The molecule has 0 aromatic heterocycles. The maximum absolute atomic E-state index is 13.0. The number of halogens is 1. The Morgan fingerprint density at radius 1 is 1.11 bits per heavy atom. The molecule has 1 amide bonds. The smallest absolute Gasteiger partial charge is 0.267 e. The van der Waals surface area contributed by atoms with E-state index in [2.05, 4.69) is 36.2 Å². The Balaban J connectivity index is 1.67. The minimum Gasteiger partial charge on any atom is -0.372 e. The topological polar surface area (TPSA) is 35.6 Å². The number of carbonyl (C=O) groups is 1. The average Bonchev–Trinajstić information content (AvgIpc) is 2.96. The van der Waals surface area contributed by atoms with E-state index in [1.165, 1.54) is 28.8 Å². The summed E-state index contributed by atoms with van der Waals surface area (Å²) in [6.07, 6.45) is 1.86. The Morgan fingerprint density at radius 3 is 2.36 bits per heavy atom. The molecule has 2 aromatic rings. The second-order valence-corrected chi connectivity index (χ2v) is 7.89. The molecule has 0 radical (unpaired) electrons. The fourth-order valence-electron chi connectivity index (χ4n) is 2.90. The van der Waals surface area contributed by atoms with Crippen molar-refractivity contribution in [2.75, 3.05) is 30.0 Å². The van der Waals surface area contributed by atoms with Crippen molar-refractivity contribution in [3.63, 3.8) is 0 Å². The molecule has 7 heteroatoms. The number of anilines is 2. The van der Waals surface area contributed by atoms with Crippen molar-refractivity contribution in [1.29, 1.82) is 0 Å². The van der Waals surface area contributed by atoms with Gasteiger partial charge in [0, 0.05) is 24.5 Å². The molecule has 1 saturated heterocycles. The minimum absolute atomic E-state index is 0.127. The zero-order chi connectivity index (χ0) is 20.1. The number of benzene rings is 2. The highest BCUT2D eigenvalue weighted by atomic mass is 32.2. The van der Waals surface area contributed by atoms with Crippen LogP contribution >= 0.6 is 24.0 Å². The maximum atomic E-state index is 13.0. The zero-order valence-corrected chi connectivity index (χ0v) is 17.4. The van der Waals surface area contributed by atoms with Gasteiger partial charge in [-0.1, -0.05) is 36.1 Å². The largest absolute Gasteiger partial charge is 0.372 e. The molecule has 3 rings (SSSR count). The number of carbonyl (C=O) groups excluding carboxylic acids is 1. The summed E-state index contributed by atoms with van der Waals surface area (Å²) in [6.45, 7) is 6.41. The summed E-state index contributed by atoms with van der Waals surface area (Å²) in [5.74, 6) is -0.427. The lowest BCUT2D eigenvalue weighted by atomic mass is 10.1. The molecule has 0 saturated carbocycles. The second-order valence-electron chi connectivity index (χ2n) is 6.22. The first kappa shape index (κ1) is 20.4. The quantitative estimate of drug-likeness (QED) is 0.512. The second kappa shape index (κ2) is 9.21. The van der Waals surface area contributed by atoms with Gasteiger partial charge in [0.1, 0.15) is 10.1 Å². The van der Waals surface area contributed by atoms with Gasteiger partial charge in [-0.3, -0.25) is 9.69 Å². The highest BCUT2D eigenvalue weighted by molar-refractivity contribution is 8.26. The van der Waals surface area contributed by atoms with Gasteiger partial charge in [-0.15, -0.1) is 0 Å². The molecule has 1 N–H and O–H groups in total. The van der Waals surface area contributed by atoms with Crippen LogP contribution in [0.15, 0.2) is 53.4 Å². The van der Waals surface area contributed by atoms with E-state index in [1.54, 1.807) is 12.1 Å². The van der Waals surface area contributed by atoms with Gasteiger partial charge >= 0.3 is 0 Å². The van der Waals surface area contributed by atoms with Crippen molar-refractivity contribution in [3.8, 4) is 0 Å². The van der Waals surface area contributed by atoms with Crippen LogP contribution in [0.2, 0.25) is 0 Å². The summed E-state index contributed by atoms with van der Waals surface area (Å²) in [5, 5.41) is 3.10. The minimum atomic E-state index is -0.300. The Labute approximate surface area is 174 Å². The zero-order valence-electron chi connectivity index (χ0n) is 15.8. The molecule has 28 heavy (non-hydrogen) atoms. The van der Waals surface area contributed by atoms with Gasteiger partial charge in [0.05, 0.1) is 11.6 Å². The summed E-state index contributed by atoms with van der Waals surface area (Å²) >= 11 is 6.65. The standard InChI is InChI=1S/C21H22FN3OS2/c1-3-24(4-2)18-11-5-15(6-12-18)13-19-20(26)25(21(27)28-19)14-23-17-9-7-16(22)8-10-17/h5-13,23H,3-4,14H2,1-2H3. The maximum Gasteiger partial charge on any atom is 0.267 e. The van der Waals surface area contributed by atoms with Gasteiger partial charge in [0.2, 0.25) is 0 Å². The van der Waals surface area contributed by atoms with Crippen LogP contribution in [0.5, 0.6) is 0 Å². The van der Waals surface area contributed by atoms with Crippen molar-refractivity contribution in [1.82, 2.24) is 4.90 Å². The van der Waals surface area contributed by atoms with E-state index >= 15 is 0 Å². The molecular formula is C21H22FN3OS2. The fraction of sp³-hybridized carbons (Fsp3) is 0.238. The summed E-state index contributed by atoms with van der Waals surface area (Å²) in [4.78, 5) is 17.1. The summed E-state index contributed by atoms with van der Waals surface area (Å²) in [6, 6.07) is 14.1. The highest BCUT2D eigenvalue weighted by Gasteiger charge is 2.31. The van der Waals surface area contributed by atoms with Gasteiger partial charge in [-0.05, 0) is 61.9 Å². The first-order chi connectivity index (χ1) is 13.5. The van der Waals surface area contributed by atoms with Gasteiger partial charge in [-0.2, -0.15) is 0 Å². The van der Waals surface area contributed by atoms with E-state index in [-0.39, 0.29) is 18.4 Å². The van der Waals surface area contributed by atoms with Gasteiger partial charge in [-0.25, -0.2) is 4.39 Å². The summed E-state index contributed by atoms with van der Waals surface area (Å²) in [7, 11) is 0. The van der Waals surface area contributed by atoms with Crippen LogP contribution in [0.3, 0.4) is 0 Å². The SMILES string of the molecule is CCN(CC)c1ccc(C=C2SC(=S)N(CNc3ccc(F)cc3)C2=O)cc1. The molecule has 1 fully saturated rings. The molecule has 0 bridgehead atoms. The van der Waals surface area contributed by atoms with Crippen LogP contribution in [-0.2, 0) is 4.79 Å². The Bertz CT molecular complexity index is 878. The van der Waals surface area contributed by atoms with Gasteiger partial charge in [0.15, 0.2) is 0 Å². The molecule has 1 heterocycles. The molecule has 4 nitrogen and oxygen atoms in total. The molecule has 1 aliphatic heterocycles. The summed E-state index contributed by atoms with van der Waals surface area (Å²) < 4.78 is 13.5. The lowest BCUT2D eigenvalue weighted by Gasteiger charge is -2.20. The van der Waals surface area contributed by atoms with Crippen LogP contribution in [0.1, 0.15) is 19.4 Å². The number of rotatable bonds is 7. The van der Waals surface area contributed by atoms with Crippen molar-refractivity contribution in [2.24, 2.45) is 0 Å². The average molecular weight is 416 g/mol. The first-order valence-electron chi connectivity index (χ1n) is 9.11. The Kier molecular flexibility index (Phi) is 6.70. The van der Waals surface area contributed by atoms with E-state index in [0.29, 0.717) is 9.23 Å². The van der Waals surface area contributed by atoms with E-state index in [4.69, 9.17) is 12.2 Å². The van der Waals surface area contributed by atoms with Crippen LogP contribution in [0.25, 0.3) is 6.08 Å². The fourth-order valence-corrected chi connectivity index (χ4v) is 4.15. The van der Waals surface area contributed by atoms with E-state index < -0.39 is 0 Å². The molecule has 0 atom stereocenters. The van der Waals surface area contributed by atoms with Crippen LogP contribution < -0.4 is 10.2 Å². The Hall–Kier alpha value is -2.38. The van der Waals surface area contributed by atoms with Crippen molar-refractivity contribution in [3.05, 3.63) is 64.8 Å². The number of nitrogens with one attached hydrogen (secondary N) is 1. The lowest BCUT2D eigenvalue weighted by molar-refractivity contribution is -0.121. The van der Waals surface area contributed by atoms with Gasteiger partial charge < -0.3 is 10.2 Å². The monoisotopic (exact) mass is 415 g/mol. The molecular weight excluding hydrogens is 393 g/mol. The third kappa shape index (κ3) is 4.72. The Morgan fingerprint density at radius 2 is 1.75 bits per heavy atom. The highest BCUT2D eigenvalue weighted by Crippen LogP contribution is 2.32. The lowest BCUT2D eigenvalue weighted by Crippen LogP contribution is -2.33. The molecule has 2 aromatic carbocycles. The number of hydrogen-bond acceptors (Lipinski definition) is 5. The molecule has 0 spiro atoms. The number of thioether (sulfide) groups is 1. The van der Waals surface area contributed by atoms with Crippen LogP contribution in [-0.4, -0.2) is 34.9 Å². The number of hydrogen-bond donors (Lipinski definition) is 1. The molecule has 146 valence electrons. The number of amides is 1. The van der Waals surface area contributed by atoms with E-state index in [0.717, 1.165) is 30.0 Å². The molecule has 0 aliphatic carbocycles. The van der Waals surface area contributed by atoms with Crippen molar-refractivity contribution < 1.29 is 9.18 Å². The molecule has 1 aliphatic rings. The van der Waals surface area contributed by atoms with Crippen molar-refractivity contribution >= 4 is 51.7 Å². The van der Waals surface area contributed by atoms with E-state index in [1.807, 2.05) is 18.2 Å².